The van der Waals surface area contributed by atoms with Gasteiger partial charge in [0.1, 0.15) is 0 Å². The number of carbonyl (C=O) groups excluding carboxylic acids is 4. The first-order chi connectivity index (χ1) is 34.9. The lowest BCUT2D eigenvalue weighted by atomic mass is 9.96. The van der Waals surface area contributed by atoms with Crippen LogP contribution in [0.2, 0.25) is 10.0 Å². The maximum atomic E-state index is 12.9. The van der Waals surface area contributed by atoms with Gasteiger partial charge in [0, 0.05) is 108 Å². The number of ether oxygens (including phenoxy) is 4. The lowest BCUT2D eigenvalue weighted by Gasteiger charge is -2.32. The van der Waals surface area contributed by atoms with E-state index in [4.69, 9.17) is 52.3 Å². The van der Waals surface area contributed by atoms with Gasteiger partial charge < -0.3 is 28.7 Å². The molecule has 1 unspecified atom stereocenters. The Morgan fingerprint density at radius 3 is 1.29 bits per heavy atom. The van der Waals surface area contributed by atoms with Gasteiger partial charge in [-0.3, -0.25) is 28.5 Å². The molecule has 2 aromatic heterocycles. The third-order valence-corrected chi connectivity index (χ3v) is 15.2. The summed E-state index contributed by atoms with van der Waals surface area (Å²) in [6.45, 7) is 12.1. The minimum atomic E-state index is 0. The molecule has 6 heterocycles. The highest BCUT2D eigenvalue weighted by atomic mass is 35.5. The summed E-state index contributed by atoms with van der Waals surface area (Å²) in [7, 11) is 0. The van der Waals surface area contributed by atoms with Crippen LogP contribution in [0.5, 0.6) is 0 Å². The van der Waals surface area contributed by atoms with Gasteiger partial charge in [-0.25, -0.2) is 0 Å². The molecule has 4 aliphatic heterocycles. The molecule has 0 aliphatic carbocycles. The number of benzene rings is 4. The number of amides is 2. The maximum Gasteiger partial charge on any atom is 0.253 e. The molecule has 6 aromatic rings. The van der Waals surface area contributed by atoms with E-state index in [1.54, 1.807) is 48.5 Å². The van der Waals surface area contributed by atoms with Crippen LogP contribution in [0.3, 0.4) is 0 Å². The summed E-state index contributed by atoms with van der Waals surface area (Å²) >= 11 is 11.9. The largest absolute Gasteiger partial charge is 0.376 e. The van der Waals surface area contributed by atoms with E-state index >= 15 is 0 Å². The van der Waals surface area contributed by atoms with Crippen molar-refractivity contribution in [2.24, 2.45) is 11.8 Å². The van der Waals surface area contributed by atoms with E-state index < -0.39 is 0 Å². The molecule has 16 heteroatoms. The highest BCUT2D eigenvalue weighted by molar-refractivity contribution is 6.31. The summed E-state index contributed by atoms with van der Waals surface area (Å²) in [5.74, 6) is 1.29. The SMILES string of the molecule is C.Cc1c(C(=O)CCC2COCCO2)ccc2nn(CC3CCN(C(=O)c4ccc(Cl)cc4)CC3)cc12.Cc1c(C(=O)CC[C@@H]2COCCO2)ccc2nn(CC3CCN(C(=O)c4ccc(Cl)cc4)CC3)cc12. The van der Waals surface area contributed by atoms with Crippen LogP contribution in [0.15, 0.2) is 85.2 Å². The Hall–Kier alpha value is -5.48. The second-order valence-corrected chi connectivity index (χ2v) is 20.5. The van der Waals surface area contributed by atoms with E-state index in [0.717, 1.165) is 109 Å². The second-order valence-electron chi connectivity index (χ2n) is 19.6. The molecule has 0 saturated carbocycles. The van der Waals surface area contributed by atoms with E-state index in [9.17, 15) is 19.2 Å². The Morgan fingerprint density at radius 1 is 0.548 bits per heavy atom. The quantitative estimate of drug-likeness (QED) is 0.0966. The fourth-order valence-electron chi connectivity index (χ4n) is 10.3. The predicted molar refractivity (Wildman–Crippen MR) is 284 cm³/mol. The average Bonchev–Trinajstić information content (AvgIpc) is 4.03. The molecular formula is C57H68Cl2N6O8. The Balaban J connectivity index is 0.000000192. The van der Waals surface area contributed by atoms with Crippen LogP contribution in [0.4, 0.5) is 0 Å². The van der Waals surface area contributed by atoms with Crippen LogP contribution >= 0.6 is 23.2 Å². The standard InChI is InChI=1S/2C28H32ClN3O4.CH4/c2*1-19-24(27(33)9-6-23-18-35-14-15-36-23)7-8-26-25(19)17-32(30-26)16-20-10-12-31(13-11-20)28(34)21-2-4-22(29)5-3-21;/h2*2-5,7-8,17,20,23H,6,9-16,18H2,1H3;1H4/t23-;;/m1../s1. The topological polar surface area (TPSA) is 147 Å². The van der Waals surface area contributed by atoms with Crippen molar-refractivity contribution >= 4 is 68.4 Å². The Bertz CT molecular complexity index is 2650. The number of ketones is 2. The molecule has 4 aromatic carbocycles. The fraction of sp³-hybridized carbons (Fsp3) is 0.474. The molecule has 0 radical (unpaired) electrons. The zero-order valence-corrected chi connectivity index (χ0v) is 42.8. The molecule has 2 amide bonds. The van der Waals surface area contributed by atoms with Crippen molar-refractivity contribution in [3.05, 3.63) is 129 Å². The van der Waals surface area contributed by atoms with Crippen molar-refractivity contribution in [1.29, 1.82) is 0 Å². The van der Waals surface area contributed by atoms with Crippen molar-refractivity contribution in [3.63, 3.8) is 0 Å². The van der Waals surface area contributed by atoms with Crippen molar-refractivity contribution in [3.8, 4) is 0 Å². The number of nitrogens with zero attached hydrogens (tertiary/aromatic N) is 6. The zero-order chi connectivity index (χ0) is 50.1. The van der Waals surface area contributed by atoms with E-state index in [0.29, 0.717) is 98.3 Å². The van der Waals surface area contributed by atoms with Crippen LogP contribution in [0.25, 0.3) is 21.8 Å². The summed E-state index contributed by atoms with van der Waals surface area (Å²) in [4.78, 5) is 55.2. The summed E-state index contributed by atoms with van der Waals surface area (Å²) < 4.78 is 26.2. The second kappa shape index (κ2) is 25.2. The molecule has 388 valence electrons. The Morgan fingerprint density at radius 2 is 0.932 bits per heavy atom. The minimum Gasteiger partial charge on any atom is -0.376 e. The summed E-state index contributed by atoms with van der Waals surface area (Å²) in [6, 6.07) is 21.8. The smallest absolute Gasteiger partial charge is 0.253 e. The van der Waals surface area contributed by atoms with Crippen LogP contribution < -0.4 is 0 Å². The number of aromatic nitrogens is 4. The normalized spacial score (nSPS) is 18.8. The van der Waals surface area contributed by atoms with Crippen LogP contribution in [-0.4, -0.2) is 131 Å². The number of likely N-dealkylation sites (tertiary alicyclic amines) is 2. The summed E-state index contributed by atoms with van der Waals surface area (Å²) in [5.41, 5.74) is 6.64. The van der Waals surface area contributed by atoms with E-state index in [2.05, 4.69) is 12.4 Å². The molecule has 2 atom stereocenters. The molecule has 14 nitrogen and oxygen atoms in total. The molecule has 73 heavy (non-hydrogen) atoms. The third-order valence-electron chi connectivity index (χ3n) is 14.6. The van der Waals surface area contributed by atoms with E-state index in [1.807, 2.05) is 57.3 Å². The molecule has 4 saturated heterocycles. The number of hydrogen-bond acceptors (Lipinski definition) is 10. The Labute approximate surface area is 438 Å². The lowest BCUT2D eigenvalue weighted by molar-refractivity contribution is -0.0902. The summed E-state index contributed by atoms with van der Waals surface area (Å²) in [5, 5.41) is 12.9. The van der Waals surface area contributed by atoms with Crippen molar-refractivity contribution in [2.45, 2.75) is 97.9 Å². The number of fused-ring (bicyclic) bond motifs is 2. The number of carbonyl (C=O) groups is 4. The average molecular weight is 1040 g/mol. The predicted octanol–water partition coefficient (Wildman–Crippen LogP) is 10.5. The number of aryl methyl sites for hydroxylation is 2. The van der Waals surface area contributed by atoms with Crippen LogP contribution in [0.1, 0.15) is 111 Å². The van der Waals surface area contributed by atoms with Gasteiger partial charge in [-0.2, -0.15) is 10.2 Å². The highest BCUT2D eigenvalue weighted by Gasteiger charge is 2.27. The van der Waals surface area contributed by atoms with Crippen molar-refractivity contribution in [2.75, 3.05) is 65.8 Å². The maximum absolute atomic E-state index is 12.9. The zero-order valence-electron chi connectivity index (χ0n) is 41.2. The minimum absolute atomic E-state index is 0. The van der Waals surface area contributed by atoms with Gasteiger partial charge in [-0.15, -0.1) is 0 Å². The van der Waals surface area contributed by atoms with Gasteiger partial charge in [0.15, 0.2) is 11.6 Å². The van der Waals surface area contributed by atoms with Gasteiger partial charge >= 0.3 is 0 Å². The first-order valence-corrected chi connectivity index (χ1v) is 26.2. The number of piperidine rings is 2. The van der Waals surface area contributed by atoms with Crippen LogP contribution in [-0.2, 0) is 32.0 Å². The Kier molecular flexibility index (Phi) is 18.5. The number of rotatable bonds is 14. The first-order valence-electron chi connectivity index (χ1n) is 25.4. The number of Topliss-reactive ketones (excluding diaryl/α,β-unsaturated/α-hetero) is 2. The number of hydrogen-bond donors (Lipinski definition) is 0. The first kappa shape index (κ1) is 53.8. The van der Waals surface area contributed by atoms with Gasteiger partial charge in [0.2, 0.25) is 0 Å². The van der Waals surface area contributed by atoms with Gasteiger partial charge in [-0.1, -0.05) is 30.6 Å². The monoisotopic (exact) mass is 1030 g/mol. The van der Waals surface area contributed by atoms with Gasteiger partial charge in [0.25, 0.3) is 11.8 Å². The van der Waals surface area contributed by atoms with Gasteiger partial charge in [0.05, 0.1) is 62.9 Å². The molecule has 10 rings (SSSR count). The molecular weight excluding hydrogens is 968 g/mol. The molecule has 4 fully saturated rings. The van der Waals surface area contributed by atoms with Crippen molar-refractivity contribution in [1.82, 2.24) is 29.4 Å². The molecule has 0 spiro atoms. The fourth-order valence-corrected chi connectivity index (χ4v) is 10.6. The number of halogens is 2. The lowest BCUT2D eigenvalue weighted by Crippen LogP contribution is -2.39. The van der Waals surface area contributed by atoms with E-state index in [1.165, 1.54) is 0 Å². The third kappa shape index (κ3) is 13.6. The van der Waals surface area contributed by atoms with Gasteiger partial charge in [-0.05, 0) is 148 Å². The molecule has 0 bridgehead atoms. The molecule has 4 aliphatic rings. The summed E-state index contributed by atoms with van der Waals surface area (Å²) in [6.07, 6.45) is 10.1. The van der Waals surface area contributed by atoms with Crippen molar-refractivity contribution < 1.29 is 38.1 Å². The van der Waals surface area contributed by atoms with E-state index in [-0.39, 0.29) is 43.0 Å². The molecule has 0 N–H and O–H groups in total. The highest BCUT2D eigenvalue weighted by Crippen LogP contribution is 2.28. The van der Waals surface area contributed by atoms with Crippen LogP contribution in [0, 0.1) is 25.7 Å².